The summed E-state index contributed by atoms with van der Waals surface area (Å²) in [5.41, 5.74) is 0. The molecule has 0 aliphatic rings. The minimum absolute atomic E-state index is 0.680. The van der Waals surface area contributed by atoms with Crippen LogP contribution in [0.2, 0.25) is 18.6 Å². The molecule has 0 aliphatic heterocycles. The highest BCUT2D eigenvalue weighted by Crippen LogP contribution is 2.16. The quantitative estimate of drug-likeness (QED) is 0.343. The van der Waals surface area contributed by atoms with E-state index in [1.54, 1.807) is 0 Å². The highest BCUT2D eigenvalue weighted by molar-refractivity contribution is 6.72. The summed E-state index contributed by atoms with van der Waals surface area (Å²) in [6.45, 7) is 7.55. The fourth-order valence-corrected chi connectivity index (χ4v) is 2.65. The Morgan fingerprint density at radius 1 is 1.23 bits per heavy atom. The Kier molecular flexibility index (Phi) is 7.18. The van der Waals surface area contributed by atoms with E-state index in [9.17, 15) is 4.79 Å². The summed E-state index contributed by atoms with van der Waals surface area (Å²) in [6, 6.07) is 2.38. The number of aldehydes is 1. The standard InChI is InChI=1S/C10H22O2Si/c1-4-13(3,5-2)12-10-8-6-7-9-11/h9H,4-8,10H2,1-3H3. The van der Waals surface area contributed by atoms with Crippen molar-refractivity contribution in [2.45, 2.75) is 51.7 Å². The molecule has 0 N–H and O–H groups in total. The summed E-state index contributed by atoms with van der Waals surface area (Å²) in [5.74, 6) is 0. The Hall–Kier alpha value is -0.153. The van der Waals surface area contributed by atoms with E-state index in [1.165, 1.54) is 12.1 Å². The first kappa shape index (κ1) is 12.8. The Bertz CT molecular complexity index is 133. The molecule has 2 nitrogen and oxygen atoms in total. The van der Waals surface area contributed by atoms with Crippen LogP contribution in [0.1, 0.15) is 33.1 Å². The third-order valence-corrected chi connectivity index (χ3v) is 6.56. The van der Waals surface area contributed by atoms with E-state index in [-0.39, 0.29) is 0 Å². The normalized spacial score (nSPS) is 11.6. The van der Waals surface area contributed by atoms with Crippen molar-refractivity contribution in [1.82, 2.24) is 0 Å². The van der Waals surface area contributed by atoms with Crippen LogP contribution in [0, 0.1) is 0 Å². The van der Waals surface area contributed by atoms with Crippen molar-refractivity contribution in [2.75, 3.05) is 6.61 Å². The minimum atomic E-state index is -1.35. The van der Waals surface area contributed by atoms with Gasteiger partial charge in [0.25, 0.3) is 0 Å². The average molecular weight is 202 g/mol. The Labute approximate surface area is 82.8 Å². The van der Waals surface area contributed by atoms with Crippen LogP contribution in [0.15, 0.2) is 0 Å². The first-order valence-electron chi connectivity index (χ1n) is 5.26. The minimum Gasteiger partial charge on any atom is -0.417 e. The Balaban J connectivity index is 3.44. The van der Waals surface area contributed by atoms with Gasteiger partial charge in [-0.05, 0) is 31.5 Å². The number of rotatable bonds is 8. The molecule has 0 amide bonds. The monoisotopic (exact) mass is 202 g/mol. The molecule has 0 spiro atoms. The number of carbonyl (C=O) groups is 1. The average Bonchev–Trinajstić information content (AvgIpc) is 2.17. The second kappa shape index (κ2) is 7.27. The van der Waals surface area contributed by atoms with Gasteiger partial charge in [0.1, 0.15) is 6.29 Å². The zero-order chi connectivity index (χ0) is 10.2. The van der Waals surface area contributed by atoms with E-state index in [1.807, 2.05) is 0 Å². The van der Waals surface area contributed by atoms with Crippen LogP contribution in [-0.2, 0) is 9.22 Å². The van der Waals surface area contributed by atoms with Gasteiger partial charge in [-0.3, -0.25) is 0 Å². The molecule has 0 atom stereocenters. The van der Waals surface area contributed by atoms with Gasteiger partial charge >= 0.3 is 0 Å². The summed E-state index contributed by atoms with van der Waals surface area (Å²) in [5, 5.41) is 0. The molecule has 0 saturated heterocycles. The lowest BCUT2D eigenvalue weighted by Gasteiger charge is -2.24. The molecule has 0 aromatic carbocycles. The second-order valence-electron chi connectivity index (χ2n) is 3.67. The molecule has 3 heteroatoms. The van der Waals surface area contributed by atoms with Crippen LogP contribution < -0.4 is 0 Å². The van der Waals surface area contributed by atoms with Gasteiger partial charge in [0.05, 0.1) is 0 Å². The third kappa shape index (κ3) is 5.99. The first-order valence-corrected chi connectivity index (χ1v) is 8.08. The predicted octanol–water partition coefficient (Wildman–Crippen LogP) is 2.99. The molecule has 0 aliphatic carbocycles. The molecule has 78 valence electrons. The lowest BCUT2D eigenvalue weighted by atomic mass is 10.3. The van der Waals surface area contributed by atoms with Crippen molar-refractivity contribution >= 4 is 14.6 Å². The van der Waals surface area contributed by atoms with Crippen molar-refractivity contribution in [2.24, 2.45) is 0 Å². The maximum atomic E-state index is 10.0. The largest absolute Gasteiger partial charge is 0.417 e. The molecule has 0 unspecified atom stereocenters. The smallest absolute Gasteiger partial charge is 0.189 e. The molecule has 0 fully saturated rings. The highest BCUT2D eigenvalue weighted by Gasteiger charge is 2.23. The van der Waals surface area contributed by atoms with E-state index in [4.69, 9.17) is 4.43 Å². The zero-order valence-corrected chi connectivity index (χ0v) is 10.1. The summed E-state index contributed by atoms with van der Waals surface area (Å²) in [4.78, 5) is 10.0. The molecular weight excluding hydrogens is 180 g/mol. The van der Waals surface area contributed by atoms with Gasteiger partial charge in [-0.2, -0.15) is 0 Å². The SMILES string of the molecule is CC[Si](C)(CC)OCCCCC=O. The second-order valence-corrected chi connectivity index (χ2v) is 8.27. The molecule has 0 rings (SSSR count). The van der Waals surface area contributed by atoms with Gasteiger partial charge < -0.3 is 9.22 Å². The molecule has 0 aromatic rings. The third-order valence-electron chi connectivity index (χ3n) is 2.66. The topological polar surface area (TPSA) is 26.3 Å². The van der Waals surface area contributed by atoms with Crippen LogP contribution in [-0.4, -0.2) is 21.2 Å². The van der Waals surface area contributed by atoms with Crippen LogP contribution in [0.4, 0.5) is 0 Å². The van der Waals surface area contributed by atoms with Gasteiger partial charge in [0.15, 0.2) is 8.32 Å². The highest BCUT2D eigenvalue weighted by atomic mass is 28.4. The number of unbranched alkanes of at least 4 members (excludes halogenated alkanes) is 2. The molecule has 13 heavy (non-hydrogen) atoms. The van der Waals surface area contributed by atoms with E-state index >= 15 is 0 Å². The predicted molar refractivity (Wildman–Crippen MR) is 58.4 cm³/mol. The lowest BCUT2D eigenvalue weighted by Crippen LogP contribution is -2.32. The van der Waals surface area contributed by atoms with Crippen LogP contribution in [0.5, 0.6) is 0 Å². The van der Waals surface area contributed by atoms with E-state index in [2.05, 4.69) is 20.4 Å². The van der Waals surface area contributed by atoms with Crippen molar-refractivity contribution in [3.8, 4) is 0 Å². The molecule has 0 bridgehead atoms. The fourth-order valence-electron chi connectivity index (χ4n) is 1.10. The molecule has 0 heterocycles. The van der Waals surface area contributed by atoms with Gasteiger partial charge in [-0.1, -0.05) is 13.8 Å². The Morgan fingerprint density at radius 3 is 2.31 bits per heavy atom. The van der Waals surface area contributed by atoms with Crippen molar-refractivity contribution in [3.05, 3.63) is 0 Å². The zero-order valence-electron chi connectivity index (χ0n) is 9.14. The summed E-state index contributed by atoms with van der Waals surface area (Å²) in [7, 11) is -1.35. The van der Waals surface area contributed by atoms with Crippen LogP contribution in [0.3, 0.4) is 0 Å². The van der Waals surface area contributed by atoms with Crippen molar-refractivity contribution in [1.29, 1.82) is 0 Å². The number of carbonyl (C=O) groups excluding carboxylic acids is 1. The van der Waals surface area contributed by atoms with Crippen LogP contribution in [0.25, 0.3) is 0 Å². The van der Waals surface area contributed by atoms with Crippen molar-refractivity contribution in [3.63, 3.8) is 0 Å². The van der Waals surface area contributed by atoms with E-state index in [0.717, 1.165) is 25.7 Å². The molecule has 0 radical (unpaired) electrons. The van der Waals surface area contributed by atoms with E-state index in [0.29, 0.717) is 6.42 Å². The molecule has 0 aromatic heterocycles. The van der Waals surface area contributed by atoms with Crippen molar-refractivity contribution < 1.29 is 9.22 Å². The molecule has 0 saturated carbocycles. The number of hydrogen-bond acceptors (Lipinski definition) is 2. The maximum absolute atomic E-state index is 10.0. The maximum Gasteiger partial charge on any atom is 0.189 e. The lowest BCUT2D eigenvalue weighted by molar-refractivity contribution is -0.107. The summed E-state index contributed by atoms with van der Waals surface area (Å²) in [6.07, 6.45) is 3.67. The van der Waals surface area contributed by atoms with Gasteiger partial charge in [0, 0.05) is 13.0 Å². The fraction of sp³-hybridized carbons (Fsp3) is 0.900. The molecular formula is C10H22O2Si. The first-order chi connectivity index (χ1) is 6.18. The summed E-state index contributed by atoms with van der Waals surface area (Å²) < 4.78 is 5.90. The van der Waals surface area contributed by atoms with E-state index < -0.39 is 8.32 Å². The Morgan fingerprint density at radius 2 is 1.85 bits per heavy atom. The van der Waals surface area contributed by atoms with Crippen LogP contribution >= 0.6 is 0 Å². The van der Waals surface area contributed by atoms with Gasteiger partial charge in [-0.15, -0.1) is 0 Å². The van der Waals surface area contributed by atoms with Gasteiger partial charge in [0.2, 0.25) is 0 Å². The van der Waals surface area contributed by atoms with Gasteiger partial charge in [-0.25, -0.2) is 0 Å². The summed E-state index contributed by atoms with van der Waals surface area (Å²) >= 11 is 0. The number of hydrogen-bond donors (Lipinski definition) is 0.